The molecule has 0 aromatic heterocycles. The molecule has 1 aromatic rings. The molecule has 0 aliphatic heterocycles. The first-order valence-corrected chi connectivity index (χ1v) is 9.87. The van der Waals surface area contributed by atoms with E-state index >= 15 is 0 Å². The Bertz CT molecular complexity index is 622. The fourth-order valence-electron chi connectivity index (χ4n) is 3.52. The number of nitrogens with zero attached hydrogens (tertiary/aromatic N) is 2. The number of hydrogen-bond acceptors (Lipinski definition) is 4. The van der Waals surface area contributed by atoms with Crippen LogP contribution in [-0.2, 0) is 4.79 Å². The maximum atomic E-state index is 12.9. The molecule has 1 aliphatic rings. The number of ether oxygens (including phenoxy) is 2. The highest BCUT2D eigenvalue weighted by atomic mass is 16.5. The molecular formula is C22H34N2O3. The van der Waals surface area contributed by atoms with E-state index in [0.717, 1.165) is 30.9 Å². The molecular weight excluding hydrogens is 340 g/mol. The Balaban J connectivity index is 2.07. The van der Waals surface area contributed by atoms with Gasteiger partial charge in [-0.1, -0.05) is 19.3 Å². The Morgan fingerprint density at radius 3 is 2.48 bits per heavy atom. The van der Waals surface area contributed by atoms with E-state index in [-0.39, 0.29) is 5.91 Å². The van der Waals surface area contributed by atoms with Crippen LogP contribution in [0.2, 0.25) is 0 Å². The van der Waals surface area contributed by atoms with Crippen LogP contribution in [0, 0.1) is 5.92 Å². The molecule has 5 heteroatoms. The molecule has 0 spiro atoms. The highest BCUT2D eigenvalue weighted by Gasteiger charge is 2.19. The fraction of sp³-hybridized carbons (Fsp3) is 0.591. The molecule has 1 aliphatic carbocycles. The van der Waals surface area contributed by atoms with Crippen LogP contribution < -0.4 is 9.47 Å². The average molecular weight is 375 g/mol. The third-order valence-corrected chi connectivity index (χ3v) is 5.18. The van der Waals surface area contributed by atoms with Crippen molar-refractivity contribution < 1.29 is 14.3 Å². The topological polar surface area (TPSA) is 42.0 Å². The van der Waals surface area contributed by atoms with E-state index in [2.05, 4.69) is 4.90 Å². The van der Waals surface area contributed by atoms with Crippen molar-refractivity contribution >= 4 is 12.0 Å². The van der Waals surface area contributed by atoms with Crippen molar-refractivity contribution in [1.82, 2.24) is 9.80 Å². The first-order valence-electron chi connectivity index (χ1n) is 9.87. The van der Waals surface area contributed by atoms with E-state index in [9.17, 15) is 4.79 Å². The molecule has 0 unspecified atom stereocenters. The average Bonchev–Trinajstić information content (AvgIpc) is 2.69. The maximum Gasteiger partial charge on any atom is 0.246 e. The van der Waals surface area contributed by atoms with E-state index in [1.165, 1.54) is 32.1 Å². The minimum atomic E-state index is 0.0697. The number of benzene rings is 1. The normalized spacial score (nSPS) is 15.3. The minimum absolute atomic E-state index is 0.0697. The molecule has 1 fully saturated rings. The Morgan fingerprint density at radius 1 is 1.11 bits per heavy atom. The second-order valence-corrected chi connectivity index (χ2v) is 7.53. The minimum Gasteiger partial charge on any atom is -0.497 e. The fourth-order valence-corrected chi connectivity index (χ4v) is 3.52. The zero-order chi connectivity index (χ0) is 19.6. The van der Waals surface area contributed by atoms with Gasteiger partial charge in [-0.2, -0.15) is 0 Å². The Labute approximate surface area is 163 Å². The number of amides is 1. The largest absolute Gasteiger partial charge is 0.497 e. The van der Waals surface area contributed by atoms with Gasteiger partial charge in [-0.05, 0) is 51.1 Å². The summed E-state index contributed by atoms with van der Waals surface area (Å²) >= 11 is 0. The van der Waals surface area contributed by atoms with Crippen molar-refractivity contribution in [3.8, 4) is 11.5 Å². The van der Waals surface area contributed by atoms with E-state index in [4.69, 9.17) is 9.47 Å². The van der Waals surface area contributed by atoms with Gasteiger partial charge in [-0.15, -0.1) is 0 Å². The number of carbonyl (C=O) groups excluding carboxylic acids is 1. The molecule has 0 bridgehead atoms. The highest BCUT2D eigenvalue weighted by Crippen LogP contribution is 2.26. The quantitative estimate of drug-likeness (QED) is 0.618. The molecule has 0 atom stereocenters. The zero-order valence-corrected chi connectivity index (χ0v) is 17.2. The number of carbonyl (C=O) groups is 1. The molecule has 0 radical (unpaired) electrons. The van der Waals surface area contributed by atoms with Crippen molar-refractivity contribution in [2.24, 2.45) is 5.92 Å². The summed E-state index contributed by atoms with van der Waals surface area (Å²) in [7, 11) is 7.34. The molecule has 5 nitrogen and oxygen atoms in total. The zero-order valence-electron chi connectivity index (χ0n) is 17.2. The van der Waals surface area contributed by atoms with Gasteiger partial charge in [0.1, 0.15) is 11.5 Å². The summed E-state index contributed by atoms with van der Waals surface area (Å²) in [6, 6.07) is 5.61. The third-order valence-electron chi connectivity index (χ3n) is 5.18. The van der Waals surface area contributed by atoms with Crippen molar-refractivity contribution in [1.29, 1.82) is 0 Å². The molecule has 2 rings (SSSR count). The lowest BCUT2D eigenvalue weighted by Gasteiger charge is -2.30. The lowest BCUT2D eigenvalue weighted by molar-refractivity contribution is -0.126. The number of rotatable bonds is 9. The van der Waals surface area contributed by atoms with Crippen LogP contribution in [0.25, 0.3) is 6.08 Å². The van der Waals surface area contributed by atoms with Crippen LogP contribution in [-0.4, -0.2) is 63.7 Å². The molecule has 1 saturated carbocycles. The van der Waals surface area contributed by atoms with Crippen LogP contribution in [0.1, 0.15) is 37.7 Å². The van der Waals surface area contributed by atoms with E-state index in [1.54, 1.807) is 20.3 Å². The Kier molecular flexibility index (Phi) is 8.65. The lowest BCUT2D eigenvalue weighted by atomic mass is 9.89. The Morgan fingerprint density at radius 2 is 1.85 bits per heavy atom. The molecule has 0 heterocycles. The summed E-state index contributed by atoms with van der Waals surface area (Å²) in [5.74, 6) is 2.14. The summed E-state index contributed by atoms with van der Waals surface area (Å²) in [5.41, 5.74) is 0.872. The molecule has 0 saturated heterocycles. The second kappa shape index (κ2) is 11.0. The molecule has 150 valence electrons. The van der Waals surface area contributed by atoms with Crippen LogP contribution in [0.15, 0.2) is 24.3 Å². The van der Waals surface area contributed by atoms with Crippen molar-refractivity contribution in [3.05, 3.63) is 29.8 Å². The van der Waals surface area contributed by atoms with Gasteiger partial charge < -0.3 is 19.3 Å². The standard InChI is InChI=1S/C22H34N2O3/c1-23(2)14-15-24(17-18-8-6-5-7-9-18)22(25)13-11-19-10-12-20(26-3)16-21(19)27-4/h10-13,16,18H,5-9,14-15,17H2,1-4H3/b13-11+. The predicted octanol–water partition coefficient (Wildman–Crippen LogP) is 3.69. The van der Waals surface area contributed by atoms with Crippen LogP contribution in [0.3, 0.4) is 0 Å². The highest BCUT2D eigenvalue weighted by molar-refractivity contribution is 5.92. The molecule has 1 amide bonds. The number of likely N-dealkylation sites (N-methyl/N-ethyl adjacent to an activating group) is 1. The van der Waals surface area contributed by atoms with Crippen LogP contribution in [0.5, 0.6) is 11.5 Å². The third kappa shape index (κ3) is 6.90. The van der Waals surface area contributed by atoms with Gasteiger partial charge >= 0.3 is 0 Å². The summed E-state index contributed by atoms with van der Waals surface area (Å²) < 4.78 is 10.6. The van der Waals surface area contributed by atoms with Gasteiger partial charge in [0.2, 0.25) is 5.91 Å². The number of methoxy groups -OCH3 is 2. The van der Waals surface area contributed by atoms with Crippen molar-refractivity contribution in [2.45, 2.75) is 32.1 Å². The molecule has 27 heavy (non-hydrogen) atoms. The van der Waals surface area contributed by atoms with Crippen molar-refractivity contribution in [3.63, 3.8) is 0 Å². The summed E-state index contributed by atoms with van der Waals surface area (Å²) in [5, 5.41) is 0. The molecule has 1 aromatic carbocycles. The van der Waals surface area contributed by atoms with E-state index in [1.807, 2.05) is 43.3 Å². The van der Waals surface area contributed by atoms with Gasteiger partial charge in [0.15, 0.2) is 0 Å². The van der Waals surface area contributed by atoms with Crippen LogP contribution in [0.4, 0.5) is 0 Å². The Hall–Kier alpha value is -2.01. The van der Waals surface area contributed by atoms with Crippen LogP contribution >= 0.6 is 0 Å². The monoisotopic (exact) mass is 374 g/mol. The first kappa shape index (κ1) is 21.3. The van der Waals surface area contributed by atoms with Gasteiger partial charge in [0.25, 0.3) is 0 Å². The predicted molar refractivity (Wildman–Crippen MR) is 110 cm³/mol. The van der Waals surface area contributed by atoms with Gasteiger partial charge in [0, 0.05) is 37.3 Å². The van der Waals surface area contributed by atoms with E-state index < -0.39 is 0 Å². The second-order valence-electron chi connectivity index (χ2n) is 7.53. The summed E-state index contributed by atoms with van der Waals surface area (Å²) in [4.78, 5) is 17.0. The maximum absolute atomic E-state index is 12.9. The molecule has 0 N–H and O–H groups in total. The van der Waals surface area contributed by atoms with Gasteiger partial charge in [-0.3, -0.25) is 4.79 Å². The smallest absolute Gasteiger partial charge is 0.246 e. The SMILES string of the molecule is COc1ccc(/C=C/C(=O)N(CCN(C)C)CC2CCCCC2)c(OC)c1. The van der Waals surface area contributed by atoms with Gasteiger partial charge in [0.05, 0.1) is 14.2 Å². The summed E-state index contributed by atoms with van der Waals surface area (Å²) in [6.07, 6.45) is 9.90. The first-order chi connectivity index (χ1) is 13.0. The lowest BCUT2D eigenvalue weighted by Crippen LogP contribution is -2.39. The summed E-state index contributed by atoms with van der Waals surface area (Å²) in [6.45, 7) is 2.49. The van der Waals surface area contributed by atoms with Crippen molar-refractivity contribution in [2.75, 3.05) is 47.9 Å². The van der Waals surface area contributed by atoms with Gasteiger partial charge in [-0.25, -0.2) is 0 Å². The number of hydrogen-bond donors (Lipinski definition) is 0. The van der Waals surface area contributed by atoms with E-state index in [0.29, 0.717) is 11.7 Å².